The Bertz CT molecular complexity index is 656. The van der Waals surface area contributed by atoms with Crippen molar-refractivity contribution in [2.45, 2.75) is 38.9 Å². The average molecular weight is 306 g/mol. The summed E-state index contributed by atoms with van der Waals surface area (Å²) in [5.74, 6) is 0.658. The number of aromatic nitrogens is 3. The number of rotatable bonds is 2. The van der Waals surface area contributed by atoms with Crippen LogP contribution in [-0.4, -0.2) is 33.1 Å². The van der Waals surface area contributed by atoms with Gasteiger partial charge < -0.3 is 9.31 Å². The minimum absolute atomic E-state index is 0.367. The number of halogens is 1. The summed E-state index contributed by atoms with van der Waals surface area (Å²) in [4.78, 5) is 4.24. The summed E-state index contributed by atoms with van der Waals surface area (Å²) in [6.45, 7) is 8.10. The van der Waals surface area contributed by atoms with Crippen LogP contribution in [0.5, 0.6) is 0 Å². The molecule has 7 heteroatoms. The SMILES string of the molecule is CC1(C)OB(c2cnn(-c3cc(Cl)ccn3)c2)OC1(C)C. The van der Waals surface area contributed by atoms with Gasteiger partial charge in [-0.1, -0.05) is 11.6 Å². The zero-order valence-electron chi connectivity index (χ0n) is 12.5. The van der Waals surface area contributed by atoms with Crippen LogP contribution in [0.2, 0.25) is 5.02 Å². The predicted molar refractivity (Wildman–Crippen MR) is 82.1 cm³/mol. The molecule has 0 N–H and O–H groups in total. The van der Waals surface area contributed by atoms with Gasteiger partial charge in [0, 0.05) is 35.1 Å². The Labute approximate surface area is 129 Å². The molecule has 1 fully saturated rings. The van der Waals surface area contributed by atoms with E-state index in [1.165, 1.54) is 0 Å². The van der Waals surface area contributed by atoms with E-state index in [1.54, 1.807) is 29.2 Å². The summed E-state index contributed by atoms with van der Waals surface area (Å²) in [6, 6.07) is 3.48. The van der Waals surface area contributed by atoms with Crippen molar-refractivity contribution in [1.82, 2.24) is 14.8 Å². The Kier molecular flexibility index (Phi) is 3.35. The summed E-state index contributed by atoms with van der Waals surface area (Å²) in [5, 5.41) is 4.92. The third kappa shape index (κ3) is 2.59. The molecule has 2 aromatic rings. The minimum Gasteiger partial charge on any atom is -0.399 e. The lowest BCUT2D eigenvalue weighted by Crippen LogP contribution is -2.41. The summed E-state index contributed by atoms with van der Waals surface area (Å²) in [7, 11) is -0.428. The Balaban J connectivity index is 1.87. The molecule has 3 heterocycles. The first-order valence-electron chi connectivity index (χ1n) is 6.81. The van der Waals surface area contributed by atoms with Gasteiger partial charge in [0.05, 0.1) is 11.2 Å². The van der Waals surface area contributed by atoms with Crippen molar-refractivity contribution in [3.05, 3.63) is 35.7 Å². The van der Waals surface area contributed by atoms with E-state index in [-0.39, 0.29) is 11.2 Å². The van der Waals surface area contributed by atoms with Gasteiger partial charge in [-0.2, -0.15) is 5.10 Å². The van der Waals surface area contributed by atoms with Gasteiger partial charge in [-0.3, -0.25) is 0 Å². The van der Waals surface area contributed by atoms with E-state index in [4.69, 9.17) is 20.9 Å². The molecule has 3 rings (SSSR count). The van der Waals surface area contributed by atoms with Crippen LogP contribution in [0.25, 0.3) is 5.82 Å². The van der Waals surface area contributed by atoms with E-state index in [1.807, 2.05) is 33.9 Å². The fourth-order valence-electron chi connectivity index (χ4n) is 2.08. The Morgan fingerprint density at radius 1 is 1.19 bits per heavy atom. The maximum absolute atomic E-state index is 6.00. The van der Waals surface area contributed by atoms with Crippen molar-refractivity contribution < 1.29 is 9.31 Å². The molecule has 1 aliphatic rings. The van der Waals surface area contributed by atoms with Crippen molar-refractivity contribution in [2.24, 2.45) is 0 Å². The zero-order valence-corrected chi connectivity index (χ0v) is 13.3. The van der Waals surface area contributed by atoms with Gasteiger partial charge in [-0.25, -0.2) is 9.67 Å². The molecule has 1 aliphatic heterocycles. The second-order valence-corrected chi connectivity index (χ2v) is 6.58. The molecule has 0 unspecified atom stereocenters. The van der Waals surface area contributed by atoms with Gasteiger partial charge in [-0.05, 0) is 33.8 Å². The number of hydrogen-bond acceptors (Lipinski definition) is 4. The molecule has 0 aromatic carbocycles. The summed E-state index contributed by atoms with van der Waals surface area (Å²) >= 11 is 5.97. The van der Waals surface area contributed by atoms with Crippen LogP contribution in [0.15, 0.2) is 30.7 Å². The fourth-order valence-corrected chi connectivity index (χ4v) is 2.24. The maximum atomic E-state index is 6.00. The van der Waals surface area contributed by atoms with Gasteiger partial charge in [0.25, 0.3) is 0 Å². The van der Waals surface area contributed by atoms with E-state index >= 15 is 0 Å². The predicted octanol–water partition coefficient (Wildman–Crippen LogP) is 2.22. The van der Waals surface area contributed by atoms with Gasteiger partial charge in [0.1, 0.15) is 0 Å². The van der Waals surface area contributed by atoms with Gasteiger partial charge >= 0.3 is 7.12 Å². The molecule has 21 heavy (non-hydrogen) atoms. The molecule has 110 valence electrons. The second-order valence-electron chi connectivity index (χ2n) is 6.14. The van der Waals surface area contributed by atoms with Crippen molar-refractivity contribution in [2.75, 3.05) is 0 Å². The molecule has 2 aromatic heterocycles. The highest BCUT2D eigenvalue weighted by atomic mass is 35.5. The summed E-state index contributed by atoms with van der Waals surface area (Å²) < 4.78 is 13.7. The smallest absolute Gasteiger partial charge is 0.399 e. The molecule has 5 nitrogen and oxygen atoms in total. The fraction of sp³-hybridized carbons (Fsp3) is 0.429. The second kappa shape index (κ2) is 4.83. The van der Waals surface area contributed by atoms with Crippen LogP contribution in [0, 0.1) is 0 Å². The number of hydrogen-bond donors (Lipinski definition) is 0. The number of nitrogens with zero attached hydrogens (tertiary/aromatic N) is 3. The topological polar surface area (TPSA) is 49.2 Å². The van der Waals surface area contributed by atoms with Crippen molar-refractivity contribution >= 4 is 24.2 Å². The highest BCUT2D eigenvalue weighted by molar-refractivity contribution is 6.62. The standard InChI is InChI=1S/C14H17BClN3O2/c1-13(2)14(3,4)21-15(20-13)10-8-18-19(9-10)12-7-11(16)5-6-17-12/h5-9H,1-4H3. The van der Waals surface area contributed by atoms with E-state index in [9.17, 15) is 0 Å². The first-order chi connectivity index (χ1) is 9.78. The van der Waals surface area contributed by atoms with Crippen LogP contribution in [0.3, 0.4) is 0 Å². The van der Waals surface area contributed by atoms with Crippen LogP contribution >= 0.6 is 11.6 Å². The largest absolute Gasteiger partial charge is 0.498 e. The lowest BCUT2D eigenvalue weighted by molar-refractivity contribution is 0.00578. The zero-order chi connectivity index (χ0) is 15.3. The van der Waals surface area contributed by atoms with Crippen LogP contribution in [-0.2, 0) is 9.31 Å². The monoisotopic (exact) mass is 305 g/mol. The minimum atomic E-state index is -0.428. The normalized spacial score (nSPS) is 20.0. The van der Waals surface area contributed by atoms with E-state index in [0.29, 0.717) is 10.8 Å². The highest BCUT2D eigenvalue weighted by Gasteiger charge is 2.52. The molecule has 0 atom stereocenters. The molecular weight excluding hydrogens is 288 g/mol. The van der Waals surface area contributed by atoms with Crippen molar-refractivity contribution in [3.63, 3.8) is 0 Å². The van der Waals surface area contributed by atoms with Crippen molar-refractivity contribution in [3.8, 4) is 5.82 Å². The molecule has 0 saturated carbocycles. The number of pyridine rings is 1. The first-order valence-corrected chi connectivity index (χ1v) is 7.18. The van der Waals surface area contributed by atoms with Gasteiger partial charge in [0.2, 0.25) is 0 Å². The average Bonchev–Trinajstić information content (AvgIpc) is 2.93. The van der Waals surface area contributed by atoms with E-state index < -0.39 is 7.12 Å². The summed E-state index contributed by atoms with van der Waals surface area (Å²) in [5.41, 5.74) is 0.123. The van der Waals surface area contributed by atoms with E-state index in [0.717, 1.165) is 5.46 Å². The van der Waals surface area contributed by atoms with Gasteiger partial charge in [-0.15, -0.1) is 0 Å². The van der Waals surface area contributed by atoms with Crippen LogP contribution < -0.4 is 5.46 Å². The molecule has 0 aliphatic carbocycles. The third-order valence-corrected chi connectivity index (χ3v) is 4.31. The molecule has 0 spiro atoms. The molecule has 0 radical (unpaired) electrons. The molecular formula is C14H17BClN3O2. The van der Waals surface area contributed by atoms with Crippen molar-refractivity contribution in [1.29, 1.82) is 0 Å². The molecule has 0 amide bonds. The first kappa shape index (κ1) is 14.6. The quantitative estimate of drug-likeness (QED) is 0.798. The van der Waals surface area contributed by atoms with E-state index in [2.05, 4.69) is 10.1 Å². The highest BCUT2D eigenvalue weighted by Crippen LogP contribution is 2.36. The maximum Gasteiger partial charge on any atom is 0.498 e. The third-order valence-electron chi connectivity index (χ3n) is 4.07. The Morgan fingerprint density at radius 3 is 2.48 bits per heavy atom. The van der Waals surface area contributed by atoms with Crippen LogP contribution in [0.1, 0.15) is 27.7 Å². The Hall–Kier alpha value is -1.37. The van der Waals surface area contributed by atoms with Gasteiger partial charge in [0.15, 0.2) is 5.82 Å². The molecule has 1 saturated heterocycles. The molecule has 0 bridgehead atoms. The lowest BCUT2D eigenvalue weighted by Gasteiger charge is -2.32. The van der Waals surface area contributed by atoms with Crippen LogP contribution in [0.4, 0.5) is 0 Å². The lowest BCUT2D eigenvalue weighted by atomic mass is 9.82. The Morgan fingerprint density at radius 2 is 1.86 bits per heavy atom. The summed E-state index contributed by atoms with van der Waals surface area (Å²) in [6.07, 6.45) is 5.22.